The molecule has 0 aromatic heterocycles. The van der Waals surface area contributed by atoms with Gasteiger partial charge in [-0.25, -0.2) is 8.42 Å². The first-order valence-corrected chi connectivity index (χ1v) is 10.7. The third-order valence-corrected chi connectivity index (χ3v) is 6.43. The molecule has 1 heterocycles. The molecule has 0 aliphatic carbocycles. The number of halogens is 1. The van der Waals surface area contributed by atoms with Crippen molar-refractivity contribution in [2.75, 3.05) is 30.1 Å². The van der Waals surface area contributed by atoms with Gasteiger partial charge in [0.1, 0.15) is 11.5 Å². The van der Waals surface area contributed by atoms with Crippen molar-refractivity contribution in [1.82, 2.24) is 0 Å². The number of fused-ring (bicyclic) bond motifs is 1. The van der Waals surface area contributed by atoms with Gasteiger partial charge in [0.25, 0.3) is 5.91 Å². The molecule has 8 nitrogen and oxygen atoms in total. The lowest BCUT2D eigenvalue weighted by atomic mass is 10.2. The fourth-order valence-corrected chi connectivity index (χ4v) is 4.62. The molecule has 0 spiro atoms. The summed E-state index contributed by atoms with van der Waals surface area (Å²) in [5.74, 6) is -0.397. The van der Waals surface area contributed by atoms with Gasteiger partial charge in [0.05, 0.1) is 28.5 Å². The standard InChI is InChI=1S/C19H19ClN2O6S/c1-11-7-14-16(28-10-19(24)22-14)9-17(11)29(25,26)6-5-18(23)21-12-3-4-15(27-2)13(20)8-12/h3-4,7-9H,5-6,10H2,1-2H3,(H,21,23)(H,22,24). The molecule has 154 valence electrons. The quantitative estimate of drug-likeness (QED) is 0.717. The molecule has 0 bridgehead atoms. The maximum atomic E-state index is 12.7. The summed E-state index contributed by atoms with van der Waals surface area (Å²) >= 11 is 6.02. The monoisotopic (exact) mass is 438 g/mol. The number of sulfone groups is 1. The summed E-state index contributed by atoms with van der Waals surface area (Å²) in [4.78, 5) is 23.6. The summed E-state index contributed by atoms with van der Waals surface area (Å²) < 4.78 is 35.8. The van der Waals surface area contributed by atoms with Crippen LogP contribution in [0.3, 0.4) is 0 Å². The Hall–Kier alpha value is -2.78. The van der Waals surface area contributed by atoms with Crippen LogP contribution in [-0.4, -0.2) is 39.7 Å². The smallest absolute Gasteiger partial charge is 0.262 e. The molecule has 2 N–H and O–H groups in total. The molecule has 2 amide bonds. The summed E-state index contributed by atoms with van der Waals surface area (Å²) in [5.41, 5.74) is 1.32. The van der Waals surface area contributed by atoms with Crippen LogP contribution in [0.4, 0.5) is 11.4 Å². The Bertz CT molecular complexity index is 1080. The van der Waals surface area contributed by atoms with Crippen molar-refractivity contribution < 1.29 is 27.5 Å². The van der Waals surface area contributed by atoms with Crippen molar-refractivity contribution in [3.63, 3.8) is 0 Å². The predicted octanol–water partition coefficient (Wildman–Crippen LogP) is 2.79. The molecule has 10 heteroatoms. The minimum absolute atomic E-state index is 0.0627. The Morgan fingerprint density at radius 1 is 1.31 bits per heavy atom. The van der Waals surface area contributed by atoms with Gasteiger partial charge in [-0.05, 0) is 36.8 Å². The Labute approximate surface area is 173 Å². The molecule has 3 rings (SSSR count). The molecule has 0 saturated heterocycles. The van der Waals surface area contributed by atoms with Crippen LogP contribution in [0, 0.1) is 6.92 Å². The zero-order valence-electron chi connectivity index (χ0n) is 15.7. The molecule has 1 aliphatic rings. The topological polar surface area (TPSA) is 111 Å². The molecule has 2 aromatic carbocycles. The number of benzene rings is 2. The SMILES string of the molecule is COc1ccc(NC(=O)CCS(=O)(=O)c2cc3c(cc2C)NC(=O)CO3)cc1Cl. The van der Waals surface area contributed by atoms with Crippen LogP contribution < -0.4 is 20.1 Å². The van der Waals surface area contributed by atoms with Crippen molar-refractivity contribution in [2.24, 2.45) is 0 Å². The average Bonchev–Trinajstić information content (AvgIpc) is 2.66. The van der Waals surface area contributed by atoms with Gasteiger partial charge in [0.2, 0.25) is 5.91 Å². The normalized spacial score (nSPS) is 13.1. The van der Waals surface area contributed by atoms with Gasteiger partial charge in [0.15, 0.2) is 16.4 Å². The van der Waals surface area contributed by atoms with Gasteiger partial charge >= 0.3 is 0 Å². The molecule has 0 radical (unpaired) electrons. The van der Waals surface area contributed by atoms with E-state index in [0.717, 1.165) is 0 Å². The van der Waals surface area contributed by atoms with Gasteiger partial charge in [0, 0.05) is 18.2 Å². The zero-order chi connectivity index (χ0) is 21.2. The van der Waals surface area contributed by atoms with Crippen LogP contribution in [-0.2, 0) is 19.4 Å². The summed E-state index contributed by atoms with van der Waals surface area (Å²) in [6.45, 7) is 1.44. The number of rotatable bonds is 6. The Balaban J connectivity index is 1.69. The van der Waals surface area contributed by atoms with E-state index >= 15 is 0 Å². The van der Waals surface area contributed by atoms with Gasteiger partial charge in [-0.2, -0.15) is 0 Å². The van der Waals surface area contributed by atoms with E-state index in [-0.39, 0.29) is 35.3 Å². The van der Waals surface area contributed by atoms with E-state index in [9.17, 15) is 18.0 Å². The van der Waals surface area contributed by atoms with Crippen LogP contribution in [0.25, 0.3) is 0 Å². The van der Waals surface area contributed by atoms with Gasteiger partial charge in [-0.3, -0.25) is 9.59 Å². The highest BCUT2D eigenvalue weighted by Crippen LogP contribution is 2.33. The van der Waals surface area contributed by atoms with Gasteiger partial charge in [-0.15, -0.1) is 0 Å². The number of amides is 2. The Morgan fingerprint density at radius 3 is 2.76 bits per heavy atom. The van der Waals surface area contributed by atoms with E-state index < -0.39 is 15.7 Å². The van der Waals surface area contributed by atoms with E-state index in [4.69, 9.17) is 21.1 Å². The number of aryl methyl sites for hydroxylation is 1. The molecule has 2 aromatic rings. The number of carbonyl (C=O) groups is 2. The van der Waals surface area contributed by atoms with Gasteiger partial charge in [-0.1, -0.05) is 11.6 Å². The first-order valence-electron chi connectivity index (χ1n) is 8.63. The second-order valence-electron chi connectivity index (χ2n) is 6.42. The molecular formula is C19H19ClN2O6S. The third kappa shape index (κ3) is 4.80. The van der Waals surface area contributed by atoms with E-state index in [1.807, 2.05) is 0 Å². The molecule has 29 heavy (non-hydrogen) atoms. The number of hydrogen-bond acceptors (Lipinski definition) is 6. The number of ether oxygens (including phenoxy) is 2. The van der Waals surface area contributed by atoms with Gasteiger partial charge < -0.3 is 20.1 Å². The fraction of sp³-hybridized carbons (Fsp3) is 0.263. The lowest BCUT2D eigenvalue weighted by Crippen LogP contribution is -2.26. The maximum Gasteiger partial charge on any atom is 0.262 e. The van der Waals surface area contributed by atoms with Crippen molar-refractivity contribution in [2.45, 2.75) is 18.2 Å². The molecule has 0 unspecified atom stereocenters. The van der Waals surface area contributed by atoms with Crippen molar-refractivity contribution >= 4 is 44.6 Å². The number of hydrogen-bond donors (Lipinski definition) is 2. The number of carbonyl (C=O) groups excluding carboxylic acids is 2. The van der Waals surface area contributed by atoms with E-state index in [1.165, 1.54) is 19.2 Å². The van der Waals surface area contributed by atoms with E-state index in [0.29, 0.717) is 27.7 Å². The summed E-state index contributed by atoms with van der Waals surface area (Å²) in [6.07, 6.45) is -0.236. The minimum atomic E-state index is -3.74. The first kappa shape index (κ1) is 20.9. The highest BCUT2D eigenvalue weighted by atomic mass is 35.5. The Kier molecular flexibility index (Phi) is 5.99. The predicted molar refractivity (Wildman–Crippen MR) is 109 cm³/mol. The molecule has 0 saturated carbocycles. The highest BCUT2D eigenvalue weighted by molar-refractivity contribution is 7.91. The highest BCUT2D eigenvalue weighted by Gasteiger charge is 2.24. The first-order chi connectivity index (χ1) is 13.7. The molecule has 0 atom stereocenters. The second-order valence-corrected chi connectivity index (χ2v) is 8.90. The van der Waals surface area contributed by atoms with Crippen LogP contribution >= 0.6 is 11.6 Å². The van der Waals surface area contributed by atoms with Crippen LogP contribution in [0.2, 0.25) is 5.02 Å². The second kappa shape index (κ2) is 8.30. The maximum absolute atomic E-state index is 12.7. The zero-order valence-corrected chi connectivity index (χ0v) is 17.3. The lowest BCUT2D eigenvalue weighted by Gasteiger charge is -2.20. The van der Waals surface area contributed by atoms with Crippen molar-refractivity contribution in [3.8, 4) is 11.5 Å². The van der Waals surface area contributed by atoms with Crippen LogP contribution in [0.15, 0.2) is 35.2 Å². The largest absolute Gasteiger partial charge is 0.495 e. The van der Waals surface area contributed by atoms with Crippen LogP contribution in [0.5, 0.6) is 11.5 Å². The summed E-state index contributed by atoms with van der Waals surface area (Å²) in [5, 5.41) is 5.57. The van der Waals surface area contributed by atoms with Crippen LogP contribution in [0.1, 0.15) is 12.0 Å². The van der Waals surface area contributed by atoms with Crippen molar-refractivity contribution in [3.05, 3.63) is 40.9 Å². The summed E-state index contributed by atoms with van der Waals surface area (Å²) in [7, 11) is -2.27. The number of methoxy groups -OCH3 is 1. The molecular weight excluding hydrogens is 420 g/mol. The third-order valence-electron chi connectivity index (χ3n) is 4.28. The lowest BCUT2D eigenvalue weighted by molar-refractivity contribution is -0.118. The number of anilines is 2. The van der Waals surface area contributed by atoms with Crippen molar-refractivity contribution in [1.29, 1.82) is 0 Å². The molecule has 1 aliphatic heterocycles. The molecule has 0 fully saturated rings. The van der Waals surface area contributed by atoms with E-state index in [1.54, 1.807) is 25.1 Å². The number of nitrogens with one attached hydrogen (secondary N) is 2. The Morgan fingerprint density at radius 2 is 2.07 bits per heavy atom. The average molecular weight is 439 g/mol. The fourth-order valence-electron chi connectivity index (χ4n) is 2.86. The minimum Gasteiger partial charge on any atom is -0.495 e. The summed E-state index contributed by atoms with van der Waals surface area (Å²) in [6, 6.07) is 7.64. The van der Waals surface area contributed by atoms with E-state index in [2.05, 4.69) is 10.6 Å².